The van der Waals surface area contributed by atoms with Gasteiger partial charge in [0.2, 0.25) is 0 Å². The Labute approximate surface area is 146 Å². The van der Waals surface area contributed by atoms with Crippen LogP contribution in [0.4, 0.5) is 0 Å². The summed E-state index contributed by atoms with van der Waals surface area (Å²) in [5.74, 6) is 0. The maximum absolute atomic E-state index is 8.74. The molecule has 0 amide bonds. The van der Waals surface area contributed by atoms with E-state index in [4.69, 9.17) is 17.5 Å². The second-order valence-corrected chi connectivity index (χ2v) is 1.34. The summed E-state index contributed by atoms with van der Waals surface area (Å²) >= 11 is 0. The van der Waals surface area contributed by atoms with Crippen molar-refractivity contribution in [2.24, 2.45) is 0 Å². The van der Waals surface area contributed by atoms with E-state index in [0.29, 0.717) is 0 Å². The summed E-state index contributed by atoms with van der Waals surface area (Å²) in [7, 11) is -4.67. The SMILES string of the molecule is O=S(=O)(O)O.[Cs+].[H-].[H-].[K+]. The molecule has 0 heterocycles. The Balaban J connectivity index is -0.0000000133. The van der Waals surface area contributed by atoms with Gasteiger partial charge in [-0.1, -0.05) is 0 Å². The summed E-state index contributed by atoms with van der Waals surface area (Å²) < 4.78 is 31.6. The zero-order valence-corrected chi connectivity index (χ0v) is 14.3. The minimum atomic E-state index is -4.67. The molecule has 7 heavy (non-hydrogen) atoms. The van der Waals surface area contributed by atoms with Crippen LogP contribution in [0.25, 0.3) is 0 Å². The van der Waals surface area contributed by atoms with Crippen LogP contribution in [0.2, 0.25) is 0 Å². The average molecular weight is 272 g/mol. The van der Waals surface area contributed by atoms with E-state index in [9.17, 15) is 0 Å². The van der Waals surface area contributed by atoms with Gasteiger partial charge < -0.3 is 2.85 Å². The fourth-order valence-corrected chi connectivity index (χ4v) is 0. The first-order valence-electron chi connectivity index (χ1n) is 0.698. The first-order valence-corrected chi connectivity index (χ1v) is 2.10. The third-order valence-electron chi connectivity index (χ3n) is 0. The second kappa shape index (κ2) is 7.66. The van der Waals surface area contributed by atoms with E-state index in [1.807, 2.05) is 0 Å². The molecule has 0 bridgehead atoms. The molecule has 0 aromatic heterocycles. The molecule has 0 rings (SSSR count). The summed E-state index contributed by atoms with van der Waals surface area (Å²) in [6.07, 6.45) is 0. The zero-order valence-electron chi connectivity index (χ0n) is 6.12. The molecular weight excluding hydrogens is 268 g/mol. The van der Waals surface area contributed by atoms with Gasteiger partial charge in [-0.25, -0.2) is 0 Å². The van der Waals surface area contributed by atoms with Gasteiger partial charge in [0.25, 0.3) is 0 Å². The monoisotopic (exact) mass is 272 g/mol. The Morgan fingerprint density at radius 1 is 1.29 bits per heavy atom. The summed E-state index contributed by atoms with van der Waals surface area (Å²) in [4.78, 5) is 0. The van der Waals surface area contributed by atoms with Gasteiger partial charge in [0.15, 0.2) is 0 Å². The van der Waals surface area contributed by atoms with Crippen molar-refractivity contribution in [2.75, 3.05) is 0 Å². The standard InChI is InChI=1S/Cs.K.H2O4S.2H/c;;1-5(2,3)4;;/h;;(H2,1,2,3,4);;/q2*+1;;2*-1. The van der Waals surface area contributed by atoms with Crippen molar-refractivity contribution in [2.45, 2.75) is 0 Å². The minimum Gasteiger partial charge on any atom is -1.00 e. The Morgan fingerprint density at radius 3 is 1.29 bits per heavy atom. The van der Waals surface area contributed by atoms with Gasteiger partial charge in [0.1, 0.15) is 0 Å². The number of hydrogen-bond acceptors (Lipinski definition) is 2. The molecule has 0 saturated heterocycles. The third kappa shape index (κ3) is 43.1. The Hall–Kier alpha value is 3.56. The van der Waals surface area contributed by atoms with E-state index in [0.717, 1.165) is 0 Å². The summed E-state index contributed by atoms with van der Waals surface area (Å²) in [6, 6.07) is 0. The molecule has 0 aliphatic carbocycles. The third-order valence-corrected chi connectivity index (χ3v) is 0. The van der Waals surface area contributed by atoms with Gasteiger partial charge in [-0.05, 0) is 0 Å². The van der Waals surface area contributed by atoms with Gasteiger partial charge in [-0.15, -0.1) is 0 Å². The summed E-state index contributed by atoms with van der Waals surface area (Å²) in [5, 5.41) is 0. The largest absolute Gasteiger partial charge is 1.00 e. The average Bonchev–Trinajstić information content (AvgIpc) is 0.722. The normalized spacial score (nSPS) is 8.29. The predicted octanol–water partition coefficient (Wildman–Crippen LogP) is -6.42. The zero-order chi connectivity index (χ0) is 4.50. The van der Waals surface area contributed by atoms with E-state index >= 15 is 0 Å². The summed E-state index contributed by atoms with van der Waals surface area (Å²) in [6.45, 7) is 0. The van der Waals surface area contributed by atoms with Gasteiger partial charge in [0.05, 0.1) is 0 Å². The van der Waals surface area contributed by atoms with Gasteiger partial charge in [-0.3, -0.25) is 9.11 Å². The van der Waals surface area contributed by atoms with Crippen LogP contribution in [0.15, 0.2) is 0 Å². The van der Waals surface area contributed by atoms with Crippen LogP contribution in [0.1, 0.15) is 2.85 Å². The first kappa shape index (κ1) is 16.9. The molecule has 0 aliphatic rings. The van der Waals surface area contributed by atoms with Crippen LogP contribution in [0, 0.1) is 0 Å². The molecule has 0 atom stereocenters. The molecule has 0 aliphatic heterocycles. The van der Waals surface area contributed by atoms with Crippen LogP contribution in [-0.2, 0) is 10.4 Å². The van der Waals surface area contributed by atoms with Crippen molar-refractivity contribution < 1.29 is 141 Å². The number of hydrogen-bond donors (Lipinski definition) is 2. The van der Waals surface area contributed by atoms with Crippen LogP contribution < -0.4 is 120 Å². The molecule has 2 N–H and O–H groups in total. The Kier molecular flexibility index (Phi) is 18.5. The molecule has 36 valence electrons. The van der Waals surface area contributed by atoms with Crippen LogP contribution in [0.5, 0.6) is 0 Å². The van der Waals surface area contributed by atoms with Crippen LogP contribution in [0.3, 0.4) is 0 Å². The van der Waals surface area contributed by atoms with Gasteiger partial charge in [0, 0.05) is 0 Å². The van der Waals surface area contributed by atoms with E-state index in [1.54, 1.807) is 0 Å². The van der Waals surface area contributed by atoms with Crippen LogP contribution >= 0.6 is 0 Å². The topological polar surface area (TPSA) is 74.6 Å². The second-order valence-electron chi connectivity index (χ2n) is 0.448. The summed E-state index contributed by atoms with van der Waals surface area (Å²) in [5.41, 5.74) is 0. The fraction of sp³-hybridized carbons (Fsp3) is 0. The first-order chi connectivity index (χ1) is 2.00. The molecule has 0 radical (unpaired) electrons. The van der Waals surface area contributed by atoms with E-state index < -0.39 is 10.4 Å². The fourth-order valence-electron chi connectivity index (χ4n) is 0. The maximum Gasteiger partial charge on any atom is 1.00 e. The van der Waals surface area contributed by atoms with Gasteiger partial charge >= 0.3 is 131 Å². The molecule has 0 spiro atoms. The molecule has 0 saturated carbocycles. The molecule has 0 aromatic rings. The van der Waals surface area contributed by atoms with Crippen LogP contribution in [-0.4, -0.2) is 17.5 Å². The van der Waals surface area contributed by atoms with Crippen molar-refractivity contribution in [3.63, 3.8) is 0 Å². The molecule has 0 unspecified atom stereocenters. The molecular formula is H4CsKO4S. The minimum absolute atomic E-state index is 0. The Bertz CT molecular complexity index is 102. The van der Waals surface area contributed by atoms with Crippen molar-refractivity contribution >= 4 is 10.4 Å². The smallest absolute Gasteiger partial charge is 1.00 e. The van der Waals surface area contributed by atoms with Crippen molar-refractivity contribution in [3.05, 3.63) is 0 Å². The number of rotatable bonds is 0. The van der Waals surface area contributed by atoms with Crippen molar-refractivity contribution in [1.82, 2.24) is 0 Å². The van der Waals surface area contributed by atoms with E-state index in [2.05, 4.69) is 0 Å². The quantitative estimate of drug-likeness (QED) is 0.340. The maximum atomic E-state index is 8.74. The Morgan fingerprint density at radius 2 is 1.29 bits per heavy atom. The molecule has 0 fully saturated rings. The molecule has 4 nitrogen and oxygen atoms in total. The van der Waals surface area contributed by atoms with Crippen molar-refractivity contribution in [1.29, 1.82) is 0 Å². The predicted molar refractivity (Wildman–Crippen MR) is 16.4 cm³/mol. The van der Waals surface area contributed by atoms with Gasteiger partial charge in [-0.2, -0.15) is 8.42 Å². The van der Waals surface area contributed by atoms with E-state index in [1.165, 1.54) is 0 Å². The van der Waals surface area contributed by atoms with E-state index in [-0.39, 0.29) is 123 Å². The van der Waals surface area contributed by atoms with Crippen molar-refractivity contribution in [3.8, 4) is 0 Å². The molecule has 0 aromatic carbocycles. The molecule has 7 heteroatoms.